The second kappa shape index (κ2) is 5.89. The van der Waals surface area contributed by atoms with Gasteiger partial charge in [-0.1, -0.05) is 36.4 Å². The van der Waals surface area contributed by atoms with Gasteiger partial charge in [0.15, 0.2) is 5.65 Å². The van der Waals surface area contributed by atoms with Crippen molar-refractivity contribution in [3.8, 4) is 5.69 Å². The van der Waals surface area contributed by atoms with Gasteiger partial charge in [0.25, 0.3) is 0 Å². The average Bonchev–Trinajstić information content (AvgIpc) is 2.95. The highest BCUT2D eigenvalue weighted by Gasteiger charge is 2.16. The molecule has 0 aliphatic carbocycles. The highest BCUT2D eigenvalue weighted by atomic mass is 19.1. The van der Waals surface area contributed by atoms with Crippen LogP contribution in [0.15, 0.2) is 66.9 Å². The summed E-state index contributed by atoms with van der Waals surface area (Å²) in [5.74, 6) is 0.497. The van der Waals surface area contributed by atoms with Crippen LogP contribution >= 0.6 is 0 Å². The fourth-order valence-electron chi connectivity index (χ4n) is 2.94. The summed E-state index contributed by atoms with van der Waals surface area (Å²) in [6.45, 7) is 2.07. The van der Waals surface area contributed by atoms with Gasteiger partial charge < -0.3 is 0 Å². The summed E-state index contributed by atoms with van der Waals surface area (Å²) in [5.41, 5.74) is 4.28. The largest absolute Gasteiger partial charge is 0.277 e. The zero-order valence-electron chi connectivity index (χ0n) is 13.3. The van der Waals surface area contributed by atoms with Gasteiger partial charge in [0.2, 0.25) is 0 Å². The molecule has 2 aromatic heterocycles. The van der Waals surface area contributed by atoms with E-state index < -0.39 is 0 Å². The van der Waals surface area contributed by atoms with Crippen LogP contribution in [0.4, 0.5) is 4.39 Å². The van der Waals surface area contributed by atoms with Crippen molar-refractivity contribution >= 4 is 11.2 Å². The summed E-state index contributed by atoms with van der Waals surface area (Å²) in [6, 6.07) is 18.7. The molecule has 0 unspecified atom stereocenters. The molecule has 2 aromatic carbocycles. The van der Waals surface area contributed by atoms with E-state index in [1.165, 1.54) is 17.2 Å². The van der Waals surface area contributed by atoms with Gasteiger partial charge in [0, 0.05) is 12.6 Å². The number of aryl methyl sites for hydroxylation is 1. The van der Waals surface area contributed by atoms with Crippen molar-refractivity contribution in [2.75, 3.05) is 0 Å². The molecule has 0 N–H and O–H groups in total. The molecule has 24 heavy (non-hydrogen) atoms. The van der Waals surface area contributed by atoms with Crippen molar-refractivity contribution in [1.29, 1.82) is 0 Å². The van der Waals surface area contributed by atoms with E-state index in [0.29, 0.717) is 17.8 Å². The van der Waals surface area contributed by atoms with Crippen molar-refractivity contribution < 1.29 is 4.39 Å². The lowest BCUT2D eigenvalue weighted by molar-refractivity contribution is 0.617. The molecule has 0 spiro atoms. The Kier molecular flexibility index (Phi) is 3.58. The Hall–Kier alpha value is -3.01. The minimum absolute atomic E-state index is 0.284. The molecule has 0 aliphatic heterocycles. The summed E-state index contributed by atoms with van der Waals surface area (Å²) in [4.78, 5) is 9.12. The molecule has 2 heterocycles. The van der Waals surface area contributed by atoms with Crippen molar-refractivity contribution in [2.45, 2.75) is 13.3 Å². The van der Waals surface area contributed by atoms with Crippen LogP contribution in [0.5, 0.6) is 0 Å². The van der Waals surface area contributed by atoms with Gasteiger partial charge in [-0.2, -0.15) is 0 Å². The number of rotatable bonds is 3. The number of pyridine rings is 1. The predicted octanol–water partition coefficient (Wildman–Crippen LogP) is 4.46. The molecule has 3 nitrogen and oxygen atoms in total. The number of imidazole rings is 1. The second-order valence-electron chi connectivity index (χ2n) is 5.76. The molecule has 0 bridgehead atoms. The van der Waals surface area contributed by atoms with Crippen LogP contribution < -0.4 is 0 Å². The van der Waals surface area contributed by atoms with Gasteiger partial charge in [-0.15, -0.1) is 0 Å². The van der Waals surface area contributed by atoms with Crippen LogP contribution in [-0.4, -0.2) is 14.5 Å². The molecular weight excluding hydrogens is 301 g/mol. The van der Waals surface area contributed by atoms with E-state index in [-0.39, 0.29) is 5.82 Å². The first kappa shape index (κ1) is 14.6. The predicted molar refractivity (Wildman–Crippen MR) is 92.8 cm³/mol. The molecule has 4 aromatic rings. The first-order chi connectivity index (χ1) is 11.7. The normalized spacial score (nSPS) is 11.1. The Morgan fingerprint density at radius 1 is 0.958 bits per heavy atom. The molecule has 0 amide bonds. The van der Waals surface area contributed by atoms with E-state index in [0.717, 1.165) is 11.3 Å². The maximum absolute atomic E-state index is 14.4. The Labute approximate surface area is 139 Å². The lowest BCUT2D eigenvalue weighted by Gasteiger charge is -2.11. The number of halogens is 1. The molecule has 0 aliphatic rings. The zero-order valence-corrected chi connectivity index (χ0v) is 13.3. The maximum atomic E-state index is 14.4. The van der Waals surface area contributed by atoms with Crippen LogP contribution in [0.3, 0.4) is 0 Å². The van der Waals surface area contributed by atoms with Crippen LogP contribution in [0.1, 0.15) is 17.0 Å². The van der Waals surface area contributed by atoms with E-state index in [9.17, 15) is 4.39 Å². The average molecular weight is 317 g/mol. The van der Waals surface area contributed by atoms with E-state index in [1.54, 1.807) is 18.3 Å². The van der Waals surface area contributed by atoms with Gasteiger partial charge in [-0.3, -0.25) is 4.57 Å². The number of benzene rings is 2. The highest BCUT2D eigenvalue weighted by Crippen LogP contribution is 2.24. The van der Waals surface area contributed by atoms with E-state index >= 15 is 0 Å². The first-order valence-electron chi connectivity index (χ1n) is 7.86. The van der Waals surface area contributed by atoms with Crippen molar-refractivity contribution in [3.05, 3.63) is 89.6 Å². The van der Waals surface area contributed by atoms with E-state index in [1.807, 2.05) is 34.9 Å². The topological polar surface area (TPSA) is 30.7 Å². The third-order valence-corrected chi connectivity index (χ3v) is 4.19. The number of hydrogen-bond acceptors (Lipinski definition) is 2. The highest BCUT2D eigenvalue weighted by molar-refractivity contribution is 5.74. The molecule has 0 saturated carbocycles. The van der Waals surface area contributed by atoms with E-state index in [4.69, 9.17) is 4.98 Å². The molecule has 0 atom stereocenters. The molecule has 4 heteroatoms. The minimum atomic E-state index is -0.284. The number of aromatic nitrogens is 3. The van der Waals surface area contributed by atoms with Crippen LogP contribution in [0.25, 0.3) is 16.9 Å². The Balaban J connectivity index is 1.94. The molecule has 0 fully saturated rings. The SMILES string of the molecule is Cc1ccccc1Cc1nc2cccnc2n1-c1ccccc1F. The third kappa shape index (κ3) is 2.46. The van der Waals surface area contributed by atoms with Gasteiger partial charge in [0.1, 0.15) is 17.2 Å². The maximum Gasteiger partial charge on any atom is 0.164 e. The molecule has 4 rings (SSSR count). The van der Waals surface area contributed by atoms with Gasteiger partial charge in [-0.25, -0.2) is 14.4 Å². The smallest absolute Gasteiger partial charge is 0.164 e. The van der Waals surface area contributed by atoms with Crippen LogP contribution in [0, 0.1) is 12.7 Å². The van der Waals surface area contributed by atoms with Crippen LogP contribution in [-0.2, 0) is 6.42 Å². The monoisotopic (exact) mass is 317 g/mol. The third-order valence-electron chi connectivity index (χ3n) is 4.19. The number of hydrogen-bond donors (Lipinski definition) is 0. The minimum Gasteiger partial charge on any atom is -0.277 e. The second-order valence-corrected chi connectivity index (χ2v) is 5.76. The summed E-state index contributed by atoms with van der Waals surface area (Å²) in [6.07, 6.45) is 2.33. The Morgan fingerprint density at radius 2 is 1.75 bits per heavy atom. The van der Waals surface area contributed by atoms with Crippen molar-refractivity contribution in [1.82, 2.24) is 14.5 Å². The molecule has 0 saturated heterocycles. The fraction of sp³-hybridized carbons (Fsp3) is 0.100. The zero-order chi connectivity index (χ0) is 16.5. The Bertz CT molecular complexity index is 1020. The fourth-order valence-corrected chi connectivity index (χ4v) is 2.94. The standard InChI is InChI=1S/C20H16FN3/c1-14-7-2-3-8-15(14)13-19-23-17-10-6-12-22-20(17)24(19)18-11-5-4-9-16(18)21/h2-12H,13H2,1H3. The van der Waals surface area contributed by atoms with Gasteiger partial charge in [-0.05, 0) is 42.3 Å². The number of fused-ring (bicyclic) bond motifs is 1. The first-order valence-corrected chi connectivity index (χ1v) is 7.86. The quantitative estimate of drug-likeness (QED) is 0.558. The summed E-state index contributed by atoms with van der Waals surface area (Å²) in [5, 5.41) is 0. The van der Waals surface area contributed by atoms with Crippen molar-refractivity contribution in [2.24, 2.45) is 0 Å². The van der Waals surface area contributed by atoms with Crippen LogP contribution in [0.2, 0.25) is 0 Å². The van der Waals surface area contributed by atoms with Gasteiger partial charge in [0.05, 0.1) is 5.69 Å². The Morgan fingerprint density at radius 3 is 2.58 bits per heavy atom. The lowest BCUT2D eigenvalue weighted by Crippen LogP contribution is -2.05. The molecule has 118 valence electrons. The lowest BCUT2D eigenvalue weighted by atomic mass is 10.1. The number of nitrogens with zero attached hydrogens (tertiary/aromatic N) is 3. The summed E-state index contributed by atoms with van der Waals surface area (Å²) >= 11 is 0. The molecular formula is C20H16FN3. The molecule has 0 radical (unpaired) electrons. The number of para-hydroxylation sites is 1. The van der Waals surface area contributed by atoms with Crippen molar-refractivity contribution in [3.63, 3.8) is 0 Å². The summed E-state index contributed by atoms with van der Waals surface area (Å²) < 4.78 is 16.2. The summed E-state index contributed by atoms with van der Waals surface area (Å²) in [7, 11) is 0. The van der Waals surface area contributed by atoms with Gasteiger partial charge >= 0.3 is 0 Å². The van der Waals surface area contributed by atoms with E-state index in [2.05, 4.69) is 24.0 Å².